The van der Waals surface area contributed by atoms with Crippen LogP contribution in [0.15, 0.2) is 4.99 Å². The van der Waals surface area contributed by atoms with Crippen LogP contribution in [0.25, 0.3) is 0 Å². The van der Waals surface area contributed by atoms with E-state index in [0.717, 1.165) is 51.3 Å². The van der Waals surface area contributed by atoms with Crippen LogP contribution in [0.1, 0.15) is 46.5 Å². The molecule has 2 unspecified atom stereocenters. The molecule has 2 N–H and O–H groups in total. The zero-order valence-corrected chi connectivity index (χ0v) is 15.4. The van der Waals surface area contributed by atoms with Gasteiger partial charge in [0, 0.05) is 31.7 Å². The van der Waals surface area contributed by atoms with Gasteiger partial charge in [0.05, 0.1) is 6.10 Å². The summed E-state index contributed by atoms with van der Waals surface area (Å²) in [7, 11) is 6.05. The molecule has 0 aromatic heterocycles. The summed E-state index contributed by atoms with van der Waals surface area (Å²) in [6.07, 6.45) is 4.87. The highest BCUT2D eigenvalue weighted by Crippen LogP contribution is 2.48. The summed E-state index contributed by atoms with van der Waals surface area (Å²) < 4.78 is 5.94. The molecule has 0 aromatic carbocycles. The standard InChI is InChI=1S/C17H36N4O/c1-7-17(8-2)14(13-15(17)22-9-3)20-16(18-4)19-11-10-12-21(5)6/h14-15H,7-13H2,1-6H3,(H2,18,19,20). The Hall–Kier alpha value is -0.810. The average Bonchev–Trinajstić information content (AvgIpc) is 2.49. The van der Waals surface area contributed by atoms with Crippen molar-refractivity contribution >= 4 is 5.96 Å². The Balaban J connectivity index is 2.49. The minimum absolute atomic E-state index is 0.247. The topological polar surface area (TPSA) is 48.9 Å². The molecule has 0 radical (unpaired) electrons. The fourth-order valence-electron chi connectivity index (χ4n) is 3.55. The zero-order valence-electron chi connectivity index (χ0n) is 15.4. The zero-order chi connectivity index (χ0) is 16.6. The molecule has 0 saturated heterocycles. The van der Waals surface area contributed by atoms with Gasteiger partial charge in [-0.1, -0.05) is 13.8 Å². The summed E-state index contributed by atoms with van der Waals surface area (Å²) >= 11 is 0. The summed E-state index contributed by atoms with van der Waals surface area (Å²) in [5, 5.41) is 7.05. The van der Waals surface area contributed by atoms with Crippen molar-refractivity contribution in [3.05, 3.63) is 0 Å². The molecule has 1 rings (SSSR count). The minimum atomic E-state index is 0.247. The Labute approximate surface area is 136 Å². The lowest BCUT2D eigenvalue weighted by atomic mass is 9.58. The summed E-state index contributed by atoms with van der Waals surface area (Å²) in [6, 6.07) is 0.457. The van der Waals surface area contributed by atoms with Gasteiger partial charge in [0.2, 0.25) is 0 Å². The maximum absolute atomic E-state index is 5.94. The maximum atomic E-state index is 5.94. The van der Waals surface area contributed by atoms with Crippen LogP contribution < -0.4 is 10.6 Å². The van der Waals surface area contributed by atoms with Gasteiger partial charge in [-0.2, -0.15) is 0 Å². The average molecular weight is 313 g/mol. The Kier molecular flexibility index (Phi) is 8.18. The Morgan fingerprint density at radius 3 is 2.45 bits per heavy atom. The number of ether oxygens (including phenoxy) is 1. The lowest BCUT2D eigenvalue weighted by Gasteiger charge is -2.55. The Bertz CT molecular complexity index is 340. The molecule has 22 heavy (non-hydrogen) atoms. The van der Waals surface area contributed by atoms with Gasteiger partial charge < -0.3 is 20.3 Å². The molecule has 130 valence electrons. The monoisotopic (exact) mass is 312 g/mol. The lowest BCUT2D eigenvalue weighted by Crippen LogP contribution is -2.65. The highest BCUT2D eigenvalue weighted by molar-refractivity contribution is 5.80. The molecule has 0 bridgehead atoms. The van der Waals surface area contributed by atoms with Crippen LogP contribution in [-0.2, 0) is 4.74 Å². The molecular formula is C17H36N4O. The van der Waals surface area contributed by atoms with E-state index >= 15 is 0 Å². The van der Waals surface area contributed by atoms with Crippen molar-refractivity contribution in [1.82, 2.24) is 15.5 Å². The molecule has 1 fully saturated rings. The van der Waals surface area contributed by atoms with Crippen molar-refractivity contribution in [3.63, 3.8) is 0 Å². The first kappa shape index (κ1) is 19.2. The van der Waals surface area contributed by atoms with Crippen molar-refractivity contribution in [2.24, 2.45) is 10.4 Å². The molecule has 0 aliphatic heterocycles. The number of hydrogen-bond donors (Lipinski definition) is 2. The molecular weight excluding hydrogens is 276 g/mol. The van der Waals surface area contributed by atoms with Gasteiger partial charge in [0.25, 0.3) is 0 Å². The summed E-state index contributed by atoms with van der Waals surface area (Å²) in [4.78, 5) is 6.58. The smallest absolute Gasteiger partial charge is 0.191 e. The third-order valence-electron chi connectivity index (χ3n) is 5.08. The number of nitrogens with one attached hydrogen (secondary N) is 2. The van der Waals surface area contributed by atoms with Crippen molar-refractivity contribution in [2.45, 2.75) is 58.6 Å². The Morgan fingerprint density at radius 2 is 1.95 bits per heavy atom. The van der Waals surface area contributed by atoms with Gasteiger partial charge >= 0.3 is 0 Å². The number of guanidine groups is 1. The van der Waals surface area contributed by atoms with Gasteiger partial charge in [-0.05, 0) is 53.2 Å². The third-order valence-corrected chi connectivity index (χ3v) is 5.08. The van der Waals surface area contributed by atoms with Crippen LogP contribution in [0.4, 0.5) is 0 Å². The van der Waals surface area contributed by atoms with Gasteiger partial charge in [0.15, 0.2) is 5.96 Å². The molecule has 2 atom stereocenters. The number of nitrogens with zero attached hydrogens (tertiary/aromatic N) is 2. The molecule has 1 aliphatic carbocycles. The number of aliphatic imine (C=N–C) groups is 1. The molecule has 5 nitrogen and oxygen atoms in total. The van der Waals surface area contributed by atoms with Crippen LogP contribution in [0.3, 0.4) is 0 Å². The van der Waals surface area contributed by atoms with E-state index in [2.05, 4.69) is 55.4 Å². The van der Waals surface area contributed by atoms with Crippen LogP contribution in [0, 0.1) is 5.41 Å². The lowest BCUT2D eigenvalue weighted by molar-refractivity contribution is -0.133. The second-order valence-corrected chi connectivity index (χ2v) is 6.47. The number of hydrogen-bond acceptors (Lipinski definition) is 3. The van der Waals surface area contributed by atoms with Gasteiger partial charge in [-0.3, -0.25) is 4.99 Å². The molecule has 0 spiro atoms. The first-order valence-corrected chi connectivity index (χ1v) is 8.77. The van der Waals surface area contributed by atoms with Crippen LogP contribution in [0.2, 0.25) is 0 Å². The van der Waals surface area contributed by atoms with E-state index in [1.54, 1.807) is 0 Å². The highest BCUT2D eigenvalue weighted by atomic mass is 16.5. The van der Waals surface area contributed by atoms with E-state index in [1.165, 1.54) is 0 Å². The van der Waals surface area contributed by atoms with E-state index < -0.39 is 0 Å². The molecule has 5 heteroatoms. The molecule has 1 saturated carbocycles. The fourth-order valence-corrected chi connectivity index (χ4v) is 3.55. The van der Waals surface area contributed by atoms with Crippen molar-refractivity contribution in [1.29, 1.82) is 0 Å². The third kappa shape index (κ3) is 4.59. The minimum Gasteiger partial charge on any atom is -0.378 e. The van der Waals surface area contributed by atoms with Crippen molar-refractivity contribution in [2.75, 3.05) is 40.8 Å². The van der Waals surface area contributed by atoms with Gasteiger partial charge in [0.1, 0.15) is 0 Å². The predicted octanol–water partition coefficient (Wildman–Crippen LogP) is 2.09. The fraction of sp³-hybridized carbons (Fsp3) is 0.941. The highest BCUT2D eigenvalue weighted by Gasteiger charge is 2.53. The van der Waals surface area contributed by atoms with E-state index in [4.69, 9.17) is 4.74 Å². The second-order valence-electron chi connectivity index (χ2n) is 6.47. The summed E-state index contributed by atoms with van der Waals surface area (Å²) in [6.45, 7) is 9.48. The quantitative estimate of drug-likeness (QED) is 0.389. The Morgan fingerprint density at radius 1 is 1.27 bits per heavy atom. The SMILES string of the molecule is CCOC1CC(NC(=NC)NCCCN(C)C)C1(CC)CC. The van der Waals surface area contributed by atoms with Crippen LogP contribution in [0.5, 0.6) is 0 Å². The normalized spacial score (nSPS) is 24.2. The van der Waals surface area contributed by atoms with Crippen molar-refractivity contribution < 1.29 is 4.74 Å². The van der Waals surface area contributed by atoms with E-state index in [-0.39, 0.29) is 5.41 Å². The summed E-state index contributed by atoms with van der Waals surface area (Å²) in [5.74, 6) is 0.921. The molecule has 0 heterocycles. The maximum Gasteiger partial charge on any atom is 0.191 e. The van der Waals surface area contributed by atoms with E-state index in [9.17, 15) is 0 Å². The summed E-state index contributed by atoms with van der Waals surface area (Å²) in [5.41, 5.74) is 0.247. The predicted molar refractivity (Wildman–Crippen MR) is 94.5 cm³/mol. The van der Waals surface area contributed by atoms with Crippen LogP contribution >= 0.6 is 0 Å². The molecule has 0 amide bonds. The second kappa shape index (κ2) is 9.36. The van der Waals surface area contributed by atoms with Crippen molar-refractivity contribution in [3.8, 4) is 0 Å². The first-order valence-electron chi connectivity index (χ1n) is 8.77. The molecule has 1 aliphatic rings. The first-order chi connectivity index (χ1) is 10.5. The molecule has 0 aromatic rings. The largest absolute Gasteiger partial charge is 0.378 e. The van der Waals surface area contributed by atoms with E-state index in [1.807, 2.05) is 7.05 Å². The number of rotatable bonds is 9. The van der Waals surface area contributed by atoms with Gasteiger partial charge in [-0.15, -0.1) is 0 Å². The van der Waals surface area contributed by atoms with Gasteiger partial charge in [-0.25, -0.2) is 0 Å². The van der Waals surface area contributed by atoms with E-state index in [0.29, 0.717) is 12.1 Å². The van der Waals surface area contributed by atoms with Crippen LogP contribution in [-0.4, -0.2) is 63.8 Å².